The number of benzene rings is 3. The van der Waals surface area contributed by atoms with Crippen molar-refractivity contribution < 1.29 is 17.9 Å². The summed E-state index contributed by atoms with van der Waals surface area (Å²) in [4.78, 5) is 15.3. The molecular weight excluding hydrogens is 424 g/mol. The maximum Gasteiger partial charge on any atom is 0.264 e. The highest BCUT2D eigenvalue weighted by Gasteiger charge is 2.32. The summed E-state index contributed by atoms with van der Waals surface area (Å²) in [5, 5.41) is 0. The molecule has 0 aliphatic carbocycles. The monoisotopic (exact) mass is 450 g/mol. The highest BCUT2D eigenvalue weighted by Crippen LogP contribution is 2.33. The van der Waals surface area contributed by atoms with Crippen LogP contribution in [0.15, 0.2) is 83.8 Å². The summed E-state index contributed by atoms with van der Waals surface area (Å²) in [7, 11) is -4.00. The summed E-state index contributed by atoms with van der Waals surface area (Å²) in [5.41, 5.74) is 2.29. The van der Waals surface area contributed by atoms with Gasteiger partial charge in [0, 0.05) is 12.2 Å². The molecule has 3 aromatic rings. The Morgan fingerprint density at radius 3 is 2.44 bits per heavy atom. The number of ether oxygens (including phenoxy) is 1. The van der Waals surface area contributed by atoms with Crippen LogP contribution < -0.4 is 13.9 Å². The van der Waals surface area contributed by atoms with Crippen LogP contribution in [0.1, 0.15) is 18.9 Å². The van der Waals surface area contributed by atoms with E-state index in [1.165, 1.54) is 12.1 Å². The highest BCUT2D eigenvalue weighted by molar-refractivity contribution is 7.92. The van der Waals surface area contributed by atoms with Crippen LogP contribution in [0.5, 0.6) is 5.75 Å². The molecule has 0 saturated carbocycles. The van der Waals surface area contributed by atoms with Gasteiger partial charge in [0.15, 0.2) is 0 Å². The number of nitrogens with zero attached hydrogens (tertiary/aromatic N) is 2. The molecule has 0 bridgehead atoms. The van der Waals surface area contributed by atoms with E-state index in [1.54, 1.807) is 47.4 Å². The van der Waals surface area contributed by atoms with Gasteiger partial charge in [0.2, 0.25) is 5.91 Å². The summed E-state index contributed by atoms with van der Waals surface area (Å²) in [6.45, 7) is 2.45. The lowest BCUT2D eigenvalue weighted by Crippen LogP contribution is -2.45. The summed E-state index contributed by atoms with van der Waals surface area (Å²) in [6.07, 6.45) is 1.74. The predicted molar refractivity (Wildman–Crippen MR) is 126 cm³/mol. The second-order valence-corrected chi connectivity index (χ2v) is 9.37. The van der Waals surface area contributed by atoms with Crippen LogP contribution in [0.4, 0.5) is 11.4 Å². The molecule has 0 unspecified atom stereocenters. The van der Waals surface area contributed by atoms with Crippen molar-refractivity contribution in [3.63, 3.8) is 0 Å². The quantitative estimate of drug-likeness (QED) is 0.539. The Hall–Kier alpha value is -3.32. The lowest BCUT2D eigenvalue weighted by Gasteiger charge is -2.32. The molecular formula is C25H26N2O4S. The van der Waals surface area contributed by atoms with Gasteiger partial charge in [0.1, 0.15) is 12.3 Å². The predicted octanol–water partition coefficient (Wildman–Crippen LogP) is 4.26. The Kier molecular flexibility index (Phi) is 6.46. The molecule has 6 nitrogen and oxygen atoms in total. The van der Waals surface area contributed by atoms with Crippen molar-refractivity contribution in [2.75, 3.05) is 28.9 Å². The van der Waals surface area contributed by atoms with Crippen molar-refractivity contribution in [2.24, 2.45) is 0 Å². The number of hydrogen-bond acceptors (Lipinski definition) is 4. The Labute approximate surface area is 189 Å². The number of amides is 1. The van der Waals surface area contributed by atoms with Crippen molar-refractivity contribution in [3.8, 4) is 5.75 Å². The molecule has 1 amide bonds. The van der Waals surface area contributed by atoms with E-state index in [-0.39, 0.29) is 17.3 Å². The number of hydrogen-bond donors (Lipinski definition) is 0. The third kappa shape index (κ3) is 4.34. The normalized spacial score (nSPS) is 13.3. The fourth-order valence-electron chi connectivity index (χ4n) is 3.96. The van der Waals surface area contributed by atoms with Crippen LogP contribution in [0.2, 0.25) is 0 Å². The minimum atomic E-state index is -4.00. The average molecular weight is 451 g/mol. The molecule has 0 spiro atoms. The van der Waals surface area contributed by atoms with E-state index in [2.05, 4.69) is 0 Å². The average Bonchev–Trinajstić information content (AvgIpc) is 2.83. The van der Waals surface area contributed by atoms with Gasteiger partial charge < -0.3 is 9.64 Å². The van der Waals surface area contributed by atoms with E-state index < -0.39 is 10.0 Å². The van der Waals surface area contributed by atoms with Gasteiger partial charge in [-0.3, -0.25) is 9.10 Å². The molecule has 3 aromatic carbocycles. The van der Waals surface area contributed by atoms with Crippen LogP contribution in [-0.4, -0.2) is 34.0 Å². The Morgan fingerprint density at radius 1 is 0.969 bits per heavy atom. The van der Waals surface area contributed by atoms with E-state index in [1.807, 2.05) is 31.2 Å². The maximum absolute atomic E-state index is 13.7. The number of aryl methyl sites for hydroxylation is 1. The van der Waals surface area contributed by atoms with E-state index in [0.717, 1.165) is 28.4 Å². The van der Waals surface area contributed by atoms with Gasteiger partial charge in [0.05, 0.1) is 17.2 Å². The number of carbonyl (C=O) groups excluding carboxylic acids is 1. The molecule has 1 aliphatic rings. The molecule has 7 heteroatoms. The van der Waals surface area contributed by atoms with Gasteiger partial charge in [-0.1, -0.05) is 48.5 Å². The molecule has 0 aromatic heterocycles. The molecule has 0 radical (unpaired) electrons. The molecule has 166 valence electrons. The zero-order valence-corrected chi connectivity index (χ0v) is 18.8. The molecule has 0 N–H and O–H groups in total. The maximum atomic E-state index is 13.7. The number of carbonyl (C=O) groups is 1. The second-order valence-electron chi connectivity index (χ2n) is 7.50. The molecule has 32 heavy (non-hydrogen) atoms. The van der Waals surface area contributed by atoms with Gasteiger partial charge >= 0.3 is 0 Å². The lowest BCUT2D eigenvalue weighted by molar-refractivity contribution is -0.117. The largest absolute Gasteiger partial charge is 0.492 e. The third-order valence-electron chi connectivity index (χ3n) is 5.46. The van der Waals surface area contributed by atoms with Gasteiger partial charge in [-0.15, -0.1) is 0 Å². The number of anilines is 2. The van der Waals surface area contributed by atoms with E-state index in [0.29, 0.717) is 24.6 Å². The Balaban J connectivity index is 1.75. The van der Waals surface area contributed by atoms with E-state index in [9.17, 15) is 13.2 Å². The number of para-hydroxylation sites is 3. The molecule has 1 heterocycles. The first-order valence-electron chi connectivity index (χ1n) is 10.7. The summed E-state index contributed by atoms with van der Waals surface area (Å²) in [6, 6.07) is 22.8. The van der Waals surface area contributed by atoms with Gasteiger partial charge in [-0.2, -0.15) is 0 Å². The van der Waals surface area contributed by atoms with Crippen molar-refractivity contribution in [3.05, 3.63) is 84.4 Å². The first-order chi connectivity index (χ1) is 15.5. The zero-order chi connectivity index (χ0) is 22.6. The van der Waals surface area contributed by atoms with Crippen LogP contribution in [-0.2, 0) is 21.2 Å². The molecule has 1 aliphatic heterocycles. The Bertz CT molecular complexity index is 1200. The zero-order valence-electron chi connectivity index (χ0n) is 18.0. The minimum absolute atomic E-state index is 0.123. The SMILES string of the molecule is CCOc1ccccc1N(CC(=O)N1CCCc2ccccc21)S(=O)(=O)c1ccccc1. The van der Waals surface area contributed by atoms with Crippen molar-refractivity contribution in [2.45, 2.75) is 24.7 Å². The first-order valence-corrected chi connectivity index (χ1v) is 12.1. The number of sulfonamides is 1. The van der Waals surface area contributed by atoms with Crippen molar-refractivity contribution >= 4 is 27.3 Å². The summed E-state index contributed by atoms with van der Waals surface area (Å²) >= 11 is 0. The van der Waals surface area contributed by atoms with Gasteiger partial charge in [-0.25, -0.2) is 8.42 Å². The number of fused-ring (bicyclic) bond motifs is 1. The fraction of sp³-hybridized carbons (Fsp3) is 0.240. The topological polar surface area (TPSA) is 66.9 Å². The summed E-state index contributed by atoms with van der Waals surface area (Å²) in [5.74, 6) is 0.143. The van der Waals surface area contributed by atoms with Gasteiger partial charge in [-0.05, 0) is 55.7 Å². The lowest BCUT2D eigenvalue weighted by atomic mass is 10.0. The van der Waals surface area contributed by atoms with E-state index in [4.69, 9.17) is 4.74 Å². The molecule has 0 atom stereocenters. The molecule has 0 saturated heterocycles. The third-order valence-corrected chi connectivity index (χ3v) is 7.23. The van der Waals surface area contributed by atoms with E-state index >= 15 is 0 Å². The minimum Gasteiger partial charge on any atom is -0.492 e. The van der Waals surface area contributed by atoms with Crippen LogP contribution in [0.3, 0.4) is 0 Å². The van der Waals surface area contributed by atoms with Crippen LogP contribution in [0.25, 0.3) is 0 Å². The van der Waals surface area contributed by atoms with Crippen LogP contribution in [0, 0.1) is 0 Å². The fourth-order valence-corrected chi connectivity index (χ4v) is 5.41. The van der Waals surface area contributed by atoms with Crippen molar-refractivity contribution in [1.29, 1.82) is 0 Å². The molecule has 4 rings (SSSR count). The van der Waals surface area contributed by atoms with Crippen LogP contribution >= 0.6 is 0 Å². The Morgan fingerprint density at radius 2 is 1.66 bits per heavy atom. The highest BCUT2D eigenvalue weighted by atomic mass is 32.2. The van der Waals surface area contributed by atoms with Gasteiger partial charge in [0.25, 0.3) is 10.0 Å². The number of rotatable bonds is 7. The van der Waals surface area contributed by atoms with Crippen molar-refractivity contribution in [1.82, 2.24) is 0 Å². The first kappa shape index (κ1) is 21.9. The second kappa shape index (κ2) is 9.44. The molecule has 0 fully saturated rings. The smallest absolute Gasteiger partial charge is 0.264 e. The standard InChI is InChI=1S/C25H26N2O4S/c1-2-31-24-17-9-8-16-23(24)27(32(29,30)21-13-4-3-5-14-21)19-25(28)26-18-10-12-20-11-6-7-15-22(20)26/h3-9,11,13-17H,2,10,12,18-19H2,1H3. The summed E-state index contributed by atoms with van der Waals surface area (Å²) < 4.78 is 34.2.